The summed E-state index contributed by atoms with van der Waals surface area (Å²) < 4.78 is 0. The summed E-state index contributed by atoms with van der Waals surface area (Å²) in [6, 6.07) is 11.6. The fourth-order valence-corrected chi connectivity index (χ4v) is 4.81. The van der Waals surface area contributed by atoms with Gasteiger partial charge in [-0.3, -0.25) is 4.90 Å². The van der Waals surface area contributed by atoms with Gasteiger partial charge in [0.05, 0.1) is 0 Å². The van der Waals surface area contributed by atoms with Crippen molar-refractivity contribution in [2.75, 3.05) is 7.05 Å². The zero-order valence-electron chi connectivity index (χ0n) is 12.8. The first-order chi connectivity index (χ1) is 8.95. The van der Waals surface area contributed by atoms with E-state index in [0.717, 1.165) is 18.5 Å². The smallest absolute Gasteiger partial charge is 0.0233 e. The van der Waals surface area contributed by atoms with Crippen molar-refractivity contribution in [1.82, 2.24) is 4.90 Å². The molecule has 0 N–H and O–H groups in total. The molecule has 0 aliphatic heterocycles. The number of nitrogens with zero attached hydrogens (tertiary/aromatic N) is 1. The van der Waals surface area contributed by atoms with Crippen LogP contribution in [0.25, 0.3) is 0 Å². The second kappa shape index (κ2) is 4.34. The molecule has 0 spiro atoms. The lowest BCUT2D eigenvalue weighted by atomic mass is 9.69. The molecule has 2 saturated carbocycles. The van der Waals surface area contributed by atoms with Crippen LogP contribution in [-0.4, -0.2) is 18.0 Å². The first kappa shape index (κ1) is 13.2. The quantitative estimate of drug-likeness (QED) is 0.779. The molecule has 0 unspecified atom stereocenters. The van der Waals surface area contributed by atoms with Crippen LogP contribution in [0.4, 0.5) is 0 Å². The van der Waals surface area contributed by atoms with Crippen LogP contribution in [0.1, 0.15) is 45.6 Å². The Bertz CT molecular complexity index is 450. The first-order valence-electron chi connectivity index (χ1n) is 7.69. The van der Waals surface area contributed by atoms with Crippen LogP contribution in [0, 0.1) is 16.7 Å². The van der Waals surface area contributed by atoms with E-state index in [1.165, 1.54) is 24.8 Å². The maximum atomic E-state index is 2.61. The van der Waals surface area contributed by atoms with Crippen LogP contribution in [0.2, 0.25) is 0 Å². The Morgan fingerprint density at radius 2 is 1.84 bits per heavy atom. The Balaban J connectivity index is 1.77. The van der Waals surface area contributed by atoms with Crippen molar-refractivity contribution in [3.05, 3.63) is 35.9 Å². The minimum Gasteiger partial charge on any atom is -0.299 e. The molecule has 2 aliphatic rings. The minimum atomic E-state index is 0.501. The Kier molecular flexibility index (Phi) is 3.01. The molecule has 0 saturated heterocycles. The van der Waals surface area contributed by atoms with Gasteiger partial charge in [-0.25, -0.2) is 0 Å². The fraction of sp³-hybridized carbons (Fsp3) is 0.667. The number of rotatable bonds is 3. The molecule has 0 amide bonds. The van der Waals surface area contributed by atoms with E-state index in [1.54, 1.807) is 0 Å². The van der Waals surface area contributed by atoms with Crippen LogP contribution < -0.4 is 0 Å². The summed E-state index contributed by atoms with van der Waals surface area (Å²) in [5.74, 6) is 0.931. The zero-order chi connectivity index (χ0) is 13.7. The minimum absolute atomic E-state index is 0.501. The summed E-state index contributed by atoms with van der Waals surface area (Å²) in [4.78, 5) is 2.61. The van der Waals surface area contributed by atoms with Gasteiger partial charge in [-0.1, -0.05) is 51.1 Å². The second-order valence-corrected chi connectivity index (χ2v) is 7.53. The third-order valence-electron chi connectivity index (χ3n) is 6.55. The Labute approximate surface area is 118 Å². The van der Waals surface area contributed by atoms with Gasteiger partial charge in [0.25, 0.3) is 0 Å². The molecule has 0 aromatic heterocycles. The number of benzene rings is 1. The van der Waals surface area contributed by atoms with Gasteiger partial charge in [-0.2, -0.15) is 0 Å². The van der Waals surface area contributed by atoms with E-state index < -0.39 is 0 Å². The number of hydrogen-bond donors (Lipinski definition) is 0. The molecule has 1 aromatic rings. The maximum Gasteiger partial charge on any atom is 0.0233 e. The zero-order valence-corrected chi connectivity index (χ0v) is 12.8. The lowest BCUT2D eigenvalue weighted by molar-refractivity contribution is 0.0541. The Morgan fingerprint density at radius 1 is 1.16 bits per heavy atom. The van der Waals surface area contributed by atoms with Crippen LogP contribution in [0.3, 0.4) is 0 Å². The van der Waals surface area contributed by atoms with Gasteiger partial charge in [0.2, 0.25) is 0 Å². The third kappa shape index (κ3) is 1.86. The molecule has 1 nitrogen and oxygen atoms in total. The molecule has 0 radical (unpaired) electrons. The molecule has 2 bridgehead atoms. The molecule has 19 heavy (non-hydrogen) atoms. The average Bonchev–Trinajstić information content (AvgIpc) is 2.72. The van der Waals surface area contributed by atoms with E-state index in [1.807, 2.05) is 0 Å². The summed E-state index contributed by atoms with van der Waals surface area (Å²) in [5, 5.41) is 0. The summed E-state index contributed by atoms with van der Waals surface area (Å²) in [7, 11) is 2.32. The van der Waals surface area contributed by atoms with E-state index in [4.69, 9.17) is 0 Å². The normalized spacial score (nSPS) is 36.1. The summed E-state index contributed by atoms with van der Waals surface area (Å²) in [6.07, 6.45) is 4.25. The third-order valence-corrected chi connectivity index (χ3v) is 6.55. The highest BCUT2D eigenvalue weighted by Gasteiger charge is 2.61. The van der Waals surface area contributed by atoms with E-state index in [9.17, 15) is 0 Å². The van der Waals surface area contributed by atoms with E-state index in [2.05, 4.69) is 63.1 Å². The average molecular weight is 257 g/mol. The molecule has 3 rings (SSSR count). The first-order valence-corrected chi connectivity index (χ1v) is 7.69. The Morgan fingerprint density at radius 3 is 2.37 bits per heavy atom. The van der Waals surface area contributed by atoms with Crippen molar-refractivity contribution >= 4 is 0 Å². The highest BCUT2D eigenvalue weighted by Crippen LogP contribution is 2.66. The van der Waals surface area contributed by atoms with Crippen molar-refractivity contribution in [2.45, 2.75) is 52.6 Å². The van der Waals surface area contributed by atoms with E-state index in [0.29, 0.717) is 10.8 Å². The van der Waals surface area contributed by atoms with Gasteiger partial charge < -0.3 is 0 Å². The molecule has 3 atom stereocenters. The van der Waals surface area contributed by atoms with Gasteiger partial charge in [0.1, 0.15) is 0 Å². The molecule has 1 aromatic carbocycles. The second-order valence-electron chi connectivity index (χ2n) is 7.53. The van der Waals surface area contributed by atoms with Gasteiger partial charge >= 0.3 is 0 Å². The molecule has 2 fully saturated rings. The van der Waals surface area contributed by atoms with Gasteiger partial charge in [-0.05, 0) is 48.6 Å². The lowest BCUT2D eigenvalue weighted by Gasteiger charge is -2.43. The number of fused-ring (bicyclic) bond motifs is 2. The predicted octanol–water partition coefficient (Wildman–Crippen LogP) is 4.33. The van der Waals surface area contributed by atoms with Crippen molar-refractivity contribution in [3.63, 3.8) is 0 Å². The summed E-state index contributed by atoms with van der Waals surface area (Å²) >= 11 is 0. The van der Waals surface area contributed by atoms with Gasteiger partial charge in [0, 0.05) is 12.6 Å². The highest BCUT2D eigenvalue weighted by molar-refractivity contribution is 5.17. The van der Waals surface area contributed by atoms with E-state index >= 15 is 0 Å². The van der Waals surface area contributed by atoms with Gasteiger partial charge in [0.15, 0.2) is 0 Å². The monoisotopic (exact) mass is 257 g/mol. The molecular weight excluding hydrogens is 230 g/mol. The summed E-state index contributed by atoms with van der Waals surface area (Å²) in [6.45, 7) is 8.62. The topological polar surface area (TPSA) is 3.24 Å². The van der Waals surface area contributed by atoms with Crippen LogP contribution >= 0.6 is 0 Å². The van der Waals surface area contributed by atoms with Crippen molar-refractivity contribution in [2.24, 2.45) is 16.7 Å². The molecule has 104 valence electrons. The highest BCUT2D eigenvalue weighted by atomic mass is 15.2. The standard InChI is InChI=1S/C18H27N/c1-17(2)15-10-11-18(17,3)16(12-15)19(4)13-14-8-6-5-7-9-14/h5-9,15-16H,10-13H2,1-4H3/t15-,16+,18-/m1/s1. The number of hydrogen-bond acceptors (Lipinski definition) is 1. The van der Waals surface area contributed by atoms with Crippen LogP contribution in [0.5, 0.6) is 0 Å². The van der Waals surface area contributed by atoms with E-state index in [-0.39, 0.29) is 0 Å². The van der Waals surface area contributed by atoms with Crippen LogP contribution in [-0.2, 0) is 6.54 Å². The fourth-order valence-electron chi connectivity index (χ4n) is 4.81. The summed E-state index contributed by atoms with van der Waals surface area (Å²) in [5.41, 5.74) is 2.46. The molecule has 1 heteroatoms. The van der Waals surface area contributed by atoms with Crippen molar-refractivity contribution in [3.8, 4) is 0 Å². The SMILES string of the molecule is CN(Cc1ccccc1)[C@H]1C[C@H]2CC[C@@]1(C)C2(C)C. The maximum absolute atomic E-state index is 2.61. The largest absolute Gasteiger partial charge is 0.299 e. The molecular formula is C18H27N. The van der Waals surface area contributed by atoms with Crippen molar-refractivity contribution in [1.29, 1.82) is 0 Å². The van der Waals surface area contributed by atoms with Crippen molar-refractivity contribution < 1.29 is 0 Å². The Hall–Kier alpha value is -0.820. The molecule has 0 heterocycles. The van der Waals surface area contributed by atoms with Crippen LogP contribution in [0.15, 0.2) is 30.3 Å². The van der Waals surface area contributed by atoms with Gasteiger partial charge in [-0.15, -0.1) is 0 Å². The lowest BCUT2D eigenvalue weighted by Crippen LogP contribution is -2.45. The molecule has 2 aliphatic carbocycles. The predicted molar refractivity (Wildman–Crippen MR) is 80.9 cm³/mol.